The Kier molecular flexibility index (Phi) is 4.07. The highest BCUT2D eigenvalue weighted by atomic mass is 79.9. The molecule has 0 amide bonds. The van der Waals surface area contributed by atoms with E-state index in [0.29, 0.717) is 6.61 Å². The quantitative estimate of drug-likeness (QED) is 0.640. The third-order valence-electron chi connectivity index (χ3n) is 1.14. The highest BCUT2D eigenvalue weighted by molar-refractivity contribution is 9.11. The average Bonchev–Trinajstić information content (AvgIpc) is 2.37. The molecular formula is C7H10BrNOS. The number of hydroxylamine groups is 1. The first-order valence-corrected chi connectivity index (χ1v) is 5.07. The molecule has 0 spiro atoms. The second-order valence-electron chi connectivity index (χ2n) is 2.01. The molecular weight excluding hydrogens is 226 g/mol. The van der Waals surface area contributed by atoms with Crippen LogP contribution in [0.3, 0.4) is 0 Å². The minimum absolute atomic E-state index is 0.700. The first-order valence-electron chi connectivity index (χ1n) is 3.40. The number of halogens is 1. The number of hydrogen-bond acceptors (Lipinski definition) is 3. The van der Waals surface area contributed by atoms with Crippen LogP contribution in [-0.4, -0.2) is 6.61 Å². The van der Waals surface area contributed by atoms with Crippen molar-refractivity contribution in [3.8, 4) is 0 Å². The maximum atomic E-state index is 4.99. The molecule has 0 aromatic carbocycles. The van der Waals surface area contributed by atoms with Crippen LogP contribution in [0.25, 0.3) is 0 Å². The van der Waals surface area contributed by atoms with Crippen molar-refractivity contribution in [1.82, 2.24) is 5.48 Å². The van der Waals surface area contributed by atoms with Crippen molar-refractivity contribution < 1.29 is 4.84 Å². The van der Waals surface area contributed by atoms with Crippen LogP contribution in [0.1, 0.15) is 12.5 Å². The third kappa shape index (κ3) is 3.33. The van der Waals surface area contributed by atoms with Crippen molar-refractivity contribution in [1.29, 1.82) is 0 Å². The lowest BCUT2D eigenvalue weighted by Crippen LogP contribution is -2.12. The van der Waals surface area contributed by atoms with Gasteiger partial charge in [-0.3, -0.25) is 0 Å². The van der Waals surface area contributed by atoms with E-state index in [1.807, 2.05) is 6.92 Å². The van der Waals surface area contributed by atoms with Crippen molar-refractivity contribution >= 4 is 27.3 Å². The van der Waals surface area contributed by atoms with Gasteiger partial charge in [0.1, 0.15) is 0 Å². The number of rotatable bonds is 4. The summed E-state index contributed by atoms with van der Waals surface area (Å²) in [5.41, 5.74) is 4.10. The SMILES string of the molecule is CCONCc1csc(Br)c1. The van der Waals surface area contributed by atoms with Crippen LogP contribution >= 0.6 is 27.3 Å². The maximum absolute atomic E-state index is 4.99. The summed E-state index contributed by atoms with van der Waals surface area (Å²) < 4.78 is 1.16. The summed E-state index contributed by atoms with van der Waals surface area (Å²) in [4.78, 5) is 4.99. The van der Waals surface area contributed by atoms with E-state index in [-0.39, 0.29) is 0 Å². The van der Waals surface area contributed by atoms with E-state index in [9.17, 15) is 0 Å². The highest BCUT2D eigenvalue weighted by Crippen LogP contribution is 2.20. The molecule has 0 atom stereocenters. The molecule has 0 aliphatic heterocycles. The van der Waals surface area contributed by atoms with Crippen molar-refractivity contribution in [3.05, 3.63) is 20.8 Å². The van der Waals surface area contributed by atoms with Gasteiger partial charge >= 0.3 is 0 Å². The summed E-state index contributed by atoms with van der Waals surface area (Å²) >= 11 is 5.07. The molecule has 0 saturated carbocycles. The summed E-state index contributed by atoms with van der Waals surface area (Å²) in [6, 6.07) is 2.08. The Morgan fingerprint density at radius 1 is 1.73 bits per heavy atom. The molecule has 0 fully saturated rings. The Labute approximate surface area is 78.7 Å². The van der Waals surface area contributed by atoms with Crippen molar-refractivity contribution in [2.24, 2.45) is 0 Å². The monoisotopic (exact) mass is 235 g/mol. The molecule has 0 saturated heterocycles. The molecule has 0 bridgehead atoms. The van der Waals surface area contributed by atoms with E-state index in [4.69, 9.17) is 4.84 Å². The van der Waals surface area contributed by atoms with Gasteiger partial charge in [0.05, 0.1) is 10.4 Å². The van der Waals surface area contributed by atoms with E-state index in [1.54, 1.807) is 11.3 Å². The van der Waals surface area contributed by atoms with Gasteiger partial charge in [0, 0.05) is 6.54 Å². The Morgan fingerprint density at radius 2 is 2.55 bits per heavy atom. The van der Waals surface area contributed by atoms with Gasteiger partial charge in [-0.15, -0.1) is 11.3 Å². The molecule has 0 aliphatic rings. The zero-order valence-electron chi connectivity index (χ0n) is 6.26. The smallest absolute Gasteiger partial charge is 0.0701 e. The van der Waals surface area contributed by atoms with Crippen LogP contribution in [0.5, 0.6) is 0 Å². The van der Waals surface area contributed by atoms with Gasteiger partial charge in [-0.1, -0.05) is 0 Å². The molecule has 1 N–H and O–H groups in total. The molecule has 11 heavy (non-hydrogen) atoms. The van der Waals surface area contributed by atoms with Gasteiger partial charge in [-0.2, -0.15) is 5.48 Å². The van der Waals surface area contributed by atoms with Crippen LogP contribution < -0.4 is 5.48 Å². The molecule has 0 radical (unpaired) electrons. The Bertz CT molecular complexity index is 214. The minimum Gasteiger partial charge on any atom is -0.302 e. The minimum atomic E-state index is 0.700. The molecule has 1 rings (SSSR count). The lowest BCUT2D eigenvalue weighted by Gasteiger charge is -1.99. The van der Waals surface area contributed by atoms with Crippen LogP contribution in [0.2, 0.25) is 0 Å². The van der Waals surface area contributed by atoms with Crippen LogP contribution in [0.15, 0.2) is 15.2 Å². The number of hydrogen-bond donors (Lipinski definition) is 1. The maximum Gasteiger partial charge on any atom is 0.0701 e. The Morgan fingerprint density at radius 3 is 3.09 bits per heavy atom. The van der Waals surface area contributed by atoms with E-state index >= 15 is 0 Å². The van der Waals surface area contributed by atoms with Crippen molar-refractivity contribution in [2.45, 2.75) is 13.5 Å². The van der Waals surface area contributed by atoms with Gasteiger partial charge in [0.2, 0.25) is 0 Å². The van der Waals surface area contributed by atoms with Crippen LogP contribution in [0.4, 0.5) is 0 Å². The number of thiophene rings is 1. The number of nitrogens with one attached hydrogen (secondary N) is 1. The molecule has 4 heteroatoms. The van der Waals surface area contributed by atoms with Gasteiger partial charge in [0.25, 0.3) is 0 Å². The van der Waals surface area contributed by atoms with E-state index in [0.717, 1.165) is 10.3 Å². The molecule has 1 aromatic heterocycles. The first kappa shape index (κ1) is 9.19. The van der Waals surface area contributed by atoms with Crippen molar-refractivity contribution in [3.63, 3.8) is 0 Å². The molecule has 1 aromatic rings. The predicted molar refractivity (Wildman–Crippen MR) is 50.5 cm³/mol. The molecule has 1 heterocycles. The fraction of sp³-hybridized carbons (Fsp3) is 0.429. The summed E-state index contributed by atoms with van der Waals surface area (Å²) in [5.74, 6) is 0. The Hall–Kier alpha value is 0.100. The zero-order valence-corrected chi connectivity index (χ0v) is 8.67. The lowest BCUT2D eigenvalue weighted by atomic mass is 10.4. The van der Waals surface area contributed by atoms with Gasteiger partial charge in [-0.25, -0.2) is 0 Å². The van der Waals surface area contributed by atoms with Gasteiger partial charge in [-0.05, 0) is 39.9 Å². The highest BCUT2D eigenvalue weighted by Gasteiger charge is 1.95. The average molecular weight is 236 g/mol. The third-order valence-corrected chi connectivity index (χ3v) is 2.70. The second kappa shape index (κ2) is 4.87. The van der Waals surface area contributed by atoms with Crippen LogP contribution in [-0.2, 0) is 11.4 Å². The summed E-state index contributed by atoms with van der Waals surface area (Å²) in [6.45, 7) is 3.43. The van der Waals surface area contributed by atoms with Gasteiger partial charge < -0.3 is 4.84 Å². The Balaban J connectivity index is 2.27. The topological polar surface area (TPSA) is 21.3 Å². The lowest BCUT2D eigenvalue weighted by molar-refractivity contribution is 0.0464. The molecule has 2 nitrogen and oxygen atoms in total. The van der Waals surface area contributed by atoms with E-state index in [2.05, 4.69) is 32.9 Å². The standard InChI is InChI=1S/C7H10BrNOS/c1-2-10-9-4-6-3-7(8)11-5-6/h3,5,9H,2,4H2,1H3. The second-order valence-corrected chi connectivity index (χ2v) is 4.30. The summed E-state index contributed by atoms with van der Waals surface area (Å²) in [6.07, 6.45) is 0. The fourth-order valence-electron chi connectivity index (χ4n) is 0.675. The van der Waals surface area contributed by atoms with E-state index in [1.165, 1.54) is 5.56 Å². The van der Waals surface area contributed by atoms with Crippen molar-refractivity contribution in [2.75, 3.05) is 6.61 Å². The molecule has 0 unspecified atom stereocenters. The molecule has 62 valence electrons. The normalized spacial score (nSPS) is 10.4. The predicted octanol–water partition coefficient (Wildman–Crippen LogP) is 2.55. The first-order chi connectivity index (χ1) is 5.33. The largest absolute Gasteiger partial charge is 0.302 e. The molecule has 0 aliphatic carbocycles. The fourth-order valence-corrected chi connectivity index (χ4v) is 1.88. The van der Waals surface area contributed by atoms with Crippen LogP contribution in [0, 0.1) is 0 Å². The zero-order chi connectivity index (χ0) is 8.10. The summed E-state index contributed by atoms with van der Waals surface area (Å²) in [7, 11) is 0. The van der Waals surface area contributed by atoms with Gasteiger partial charge in [0.15, 0.2) is 0 Å². The summed E-state index contributed by atoms with van der Waals surface area (Å²) in [5, 5.41) is 2.09. The van der Waals surface area contributed by atoms with E-state index < -0.39 is 0 Å².